The molecule has 0 spiro atoms. The lowest BCUT2D eigenvalue weighted by Crippen LogP contribution is -2.40. The van der Waals surface area contributed by atoms with Crippen molar-refractivity contribution >= 4 is 5.91 Å². The van der Waals surface area contributed by atoms with Crippen LogP contribution in [0.5, 0.6) is 0 Å². The summed E-state index contributed by atoms with van der Waals surface area (Å²) in [4.78, 5) is 55.6. The molecular formula is C19H18FN5O4. The van der Waals surface area contributed by atoms with Crippen molar-refractivity contribution in [1.82, 2.24) is 24.4 Å². The van der Waals surface area contributed by atoms with Gasteiger partial charge in [-0.1, -0.05) is 0 Å². The molecular weight excluding hydrogens is 381 g/mol. The van der Waals surface area contributed by atoms with Crippen molar-refractivity contribution in [2.45, 2.75) is 20.4 Å². The minimum absolute atomic E-state index is 0.0675. The van der Waals surface area contributed by atoms with Crippen LogP contribution in [0.4, 0.5) is 4.39 Å². The highest BCUT2D eigenvalue weighted by molar-refractivity contribution is 5.93. The number of hydrogen-bond donors (Lipinski definition) is 2. The van der Waals surface area contributed by atoms with E-state index in [0.29, 0.717) is 11.3 Å². The van der Waals surface area contributed by atoms with Gasteiger partial charge in [-0.25, -0.2) is 18.7 Å². The summed E-state index contributed by atoms with van der Waals surface area (Å²) in [7, 11) is 0. The molecule has 0 fully saturated rings. The van der Waals surface area contributed by atoms with Crippen LogP contribution in [0.2, 0.25) is 0 Å². The number of carbonyl (C=O) groups excluding carboxylic acids is 1. The number of halogens is 1. The first kappa shape index (κ1) is 19.9. The number of H-pyrrole nitrogens is 1. The molecule has 1 amide bonds. The molecule has 150 valence electrons. The van der Waals surface area contributed by atoms with Crippen molar-refractivity contribution in [1.29, 1.82) is 0 Å². The number of amides is 1. The largest absolute Gasteiger partial charge is 0.350 e. The first-order valence-corrected chi connectivity index (χ1v) is 8.71. The molecule has 3 aromatic rings. The van der Waals surface area contributed by atoms with Gasteiger partial charge in [-0.2, -0.15) is 0 Å². The first-order chi connectivity index (χ1) is 13.8. The Morgan fingerprint density at radius 2 is 1.83 bits per heavy atom. The van der Waals surface area contributed by atoms with Crippen LogP contribution >= 0.6 is 0 Å². The third-order valence-electron chi connectivity index (χ3n) is 4.46. The number of nitrogens with zero attached hydrogens (tertiary/aromatic N) is 3. The average molecular weight is 399 g/mol. The first-order valence-electron chi connectivity index (χ1n) is 8.71. The van der Waals surface area contributed by atoms with Gasteiger partial charge in [-0.05, 0) is 38.1 Å². The summed E-state index contributed by atoms with van der Waals surface area (Å²) in [5.41, 5.74) is -0.839. The van der Waals surface area contributed by atoms with Crippen LogP contribution in [0, 0.1) is 19.7 Å². The highest BCUT2D eigenvalue weighted by Crippen LogP contribution is 2.04. The molecule has 0 saturated carbocycles. The summed E-state index contributed by atoms with van der Waals surface area (Å²) in [6.07, 6.45) is 2.40. The molecule has 0 aliphatic heterocycles. The molecule has 3 rings (SSSR count). The standard InChI is InChI=1S/C19H18FN5O4/c1-11-12(2)23-10-24(17(11)27)8-7-21-16(26)15-9-22-19(29)25(18(15)28)14-5-3-13(20)4-6-14/h3-6,9-10H,7-8H2,1-2H3,(H,21,26)(H,22,29). The lowest BCUT2D eigenvalue weighted by molar-refractivity contribution is 0.0949. The van der Waals surface area contributed by atoms with Gasteiger partial charge >= 0.3 is 5.69 Å². The second kappa shape index (κ2) is 8.05. The number of rotatable bonds is 5. The topological polar surface area (TPSA) is 119 Å². The Morgan fingerprint density at radius 3 is 2.52 bits per heavy atom. The van der Waals surface area contributed by atoms with E-state index in [0.717, 1.165) is 22.9 Å². The predicted octanol–water partition coefficient (Wildman–Crippen LogP) is 0.268. The number of carbonyl (C=O) groups is 1. The summed E-state index contributed by atoms with van der Waals surface area (Å²) in [6.45, 7) is 3.62. The zero-order chi connectivity index (χ0) is 21.1. The Kier molecular flexibility index (Phi) is 5.53. The Balaban J connectivity index is 1.80. The van der Waals surface area contributed by atoms with Crippen molar-refractivity contribution in [3.63, 3.8) is 0 Å². The Morgan fingerprint density at radius 1 is 1.14 bits per heavy atom. The monoisotopic (exact) mass is 399 g/mol. The van der Waals surface area contributed by atoms with Crippen LogP contribution in [0.15, 0.2) is 51.2 Å². The quantitative estimate of drug-likeness (QED) is 0.638. The smallest absolute Gasteiger partial charge is 0.333 e. The molecule has 0 atom stereocenters. The molecule has 2 heterocycles. The maximum atomic E-state index is 13.1. The van der Waals surface area contributed by atoms with Gasteiger partial charge in [-0.3, -0.25) is 19.0 Å². The third kappa shape index (κ3) is 4.05. The third-order valence-corrected chi connectivity index (χ3v) is 4.46. The van der Waals surface area contributed by atoms with Gasteiger partial charge in [0.05, 0.1) is 12.0 Å². The highest BCUT2D eigenvalue weighted by atomic mass is 19.1. The maximum absolute atomic E-state index is 13.1. The van der Waals surface area contributed by atoms with E-state index in [1.807, 2.05) is 0 Å². The summed E-state index contributed by atoms with van der Waals surface area (Å²) in [5.74, 6) is -1.24. The predicted molar refractivity (Wildman–Crippen MR) is 103 cm³/mol. The summed E-state index contributed by atoms with van der Waals surface area (Å²) in [6, 6.07) is 4.71. The van der Waals surface area contributed by atoms with Crippen LogP contribution in [-0.2, 0) is 6.54 Å². The second-order valence-electron chi connectivity index (χ2n) is 6.33. The average Bonchev–Trinajstić information content (AvgIpc) is 2.69. The fourth-order valence-electron chi connectivity index (χ4n) is 2.68. The van der Waals surface area contributed by atoms with Gasteiger partial charge < -0.3 is 10.3 Å². The van der Waals surface area contributed by atoms with Gasteiger partial charge in [-0.15, -0.1) is 0 Å². The molecule has 9 nitrogen and oxygen atoms in total. The Hall–Kier alpha value is -3.82. The van der Waals surface area contributed by atoms with Gasteiger partial charge in [0.25, 0.3) is 17.0 Å². The fraction of sp³-hybridized carbons (Fsp3) is 0.211. The Labute approximate surface area is 163 Å². The van der Waals surface area contributed by atoms with Crippen LogP contribution in [0.3, 0.4) is 0 Å². The number of aryl methyl sites for hydroxylation is 1. The van der Waals surface area contributed by atoms with Crippen molar-refractivity contribution < 1.29 is 9.18 Å². The molecule has 0 unspecified atom stereocenters. The Bertz CT molecular complexity index is 1240. The molecule has 0 bridgehead atoms. The van der Waals surface area contributed by atoms with Crippen LogP contribution in [0.1, 0.15) is 21.6 Å². The van der Waals surface area contributed by atoms with E-state index in [2.05, 4.69) is 15.3 Å². The zero-order valence-electron chi connectivity index (χ0n) is 15.7. The van der Waals surface area contributed by atoms with Gasteiger partial charge in [0, 0.05) is 30.5 Å². The minimum atomic E-state index is -0.845. The number of aromatic nitrogens is 4. The summed E-state index contributed by atoms with van der Waals surface area (Å²) < 4.78 is 15.2. The van der Waals surface area contributed by atoms with Crippen LogP contribution in [0.25, 0.3) is 5.69 Å². The lowest BCUT2D eigenvalue weighted by Gasteiger charge is -2.10. The van der Waals surface area contributed by atoms with Crippen molar-refractivity contribution in [3.05, 3.63) is 90.6 Å². The molecule has 0 radical (unpaired) electrons. The molecule has 29 heavy (non-hydrogen) atoms. The molecule has 1 aromatic carbocycles. The van der Waals surface area contributed by atoms with Gasteiger partial charge in [0.2, 0.25) is 0 Å². The molecule has 0 saturated heterocycles. The van der Waals surface area contributed by atoms with E-state index >= 15 is 0 Å². The van der Waals surface area contributed by atoms with E-state index in [1.54, 1.807) is 13.8 Å². The van der Waals surface area contributed by atoms with Crippen molar-refractivity contribution in [2.75, 3.05) is 6.54 Å². The number of hydrogen-bond acceptors (Lipinski definition) is 5. The lowest BCUT2D eigenvalue weighted by atomic mass is 10.2. The van der Waals surface area contributed by atoms with Gasteiger partial charge in [0.15, 0.2) is 0 Å². The second-order valence-corrected chi connectivity index (χ2v) is 6.33. The maximum Gasteiger partial charge on any atom is 0.333 e. The number of benzene rings is 1. The van der Waals surface area contributed by atoms with Crippen LogP contribution < -0.4 is 22.1 Å². The molecule has 2 aromatic heterocycles. The van der Waals surface area contributed by atoms with E-state index in [1.165, 1.54) is 23.0 Å². The molecule has 10 heteroatoms. The SMILES string of the molecule is Cc1ncn(CCNC(=O)c2c[nH]c(=O)n(-c3ccc(F)cc3)c2=O)c(=O)c1C. The molecule has 2 N–H and O–H groups in total. The van der Waals surface area contributed by atoms with Crippen LogP contribution in [-0.4, -0.2) is 31.6 Å². The normalized spacial score (nSPS) is 10.7. The van der Waals surface area contributed by atoms with E-state index in [-0.39, 0.29) is 29.9 Å². The van der Waals surface area contributed by atoms with E-state index in [4.69, 9.17) is 0 Å². The number of aromatic amines is 1. The minimum Gasteiger partial charge on any atom is -0.350 e. The number of nitrogens with one attached hydrogen (secondary N) is 2. The molecule has 0 aliphatic rings. The van der Waals surface area contributed by atoms with Crippen molar-refractivity contribution in [3.8, 4) is 5.69 Å². The van der Waals surface area contributed by atoms with E-state index < -0.39 is 23.0 Å². The zero-order valence-corrected chi connectivity index (χ0v) is 15.7. The molecule has 0 aliphatic carbocycles. The fourth-order valence-corrected chi connectivity index (χ4v) is 2.68. The van der Waals surface area contributed by atoms with Crippen molar-refractivity contribution in [2.24, 2.45) is 0 Å². The summed E-state index contributed by atoms with van der Waals surface area (Å²) >= 11 is 0. The highest BCUT2D eigenvalue weighted by Gasteiger charge is 2.16. The summed E-state index contributed by atoms with van der Waals surface area (Å²) in [5, 5.41) is 2.54. The van der Waals surface area contributed by atoms with Gasteiger partial charge in [0.1, 0.15) is 11.4 Å². The van der Waals surface area contributed by atoms with E-state index in [9.17, 15) is 23.6 Å².